The van der Waals surface area contributed by atoms with Gasteiger partial charge in [0.05, 0.1) is 5.92 Å². The highest BCUT2D eigenvalue weighted by Gasteiger charge is 2.16. The SMILES string of the molecule is C=C(CC)C(CC)C(=O)O. The maximum absolute atomic E-state index is 10.5. The molecule has 0 radical (unpaired) electrons. The van der Waals surface area contributed by atoms with Crippen molar-refractivity contribution in [3.8, 4) is 0 Å². The van der Waals surface area contributed by atoms with Crippen LogP contribution in [0.25, 0.3) is 0 Å². The molecule has 2 nitrogen and oxygen atoms in total. The summed E-state index contributed by atoms with van der Waals surface area (Å²) in [6.07, 6.45) is 1.40. The molecule has 0 rings (SSSR count). The van der Waals surface area contributed by atoms with Crippen molar-refractivity contribution in [1.82, 2.24) is 0 Å². The minimum absolute atomic E-state index is 0.343. The molecule has 0 saturated heterocycles. The normalized spacial score (nSPS) is 12.6. The second-order valence-electron chi connectivity index (χ2n) is 2.31. The van der Waals surface area contributed by atoms with Gasteiger partial charge in [-0.3, -0.25) is 4.79 Å². The third kappa shape index (κ3) is 2.21. The van der Waals surface area contributed by atoms with Gasteiger partial charge in [-0.15, -0.1) is 0 Å². The Morgan fingerprint density at radius 3 is 2.20 bits per heavy atom. The van der Waals surface area contributed by atoms with Gasteiger partial charge in [0, 0.05) is 0 Å². The molecule has 0 saturated carbocycles. The number of hydrogen-bond donors (Lipinski definition) is 1. The van der Waals surface area contributed by atoms with E-state index in [2.05, 4.69) is 6.58 Å². The summed E-state index contributed by atoms with van der Waals surface area (Å²) in [5.41, 5.74) is 0.815. The highest BCUT2D eigenvalue weighted by Crippen LogP contribution is 2.15. The lowest BCUT2D eigenvalue weighted by molar-refractivity contribution is -0.140. The van der Waals surface area contributed by atoms with Crippen molar-refractivity contribution in [2.75, 3.05) is 0 Å². The van der Waals surface area contributed by atoms with E-state index in [0.717, 1.165) is 12.0 Å². The third-order valence-corrected chi connectivity index (χ3v) is 1.65. The van der Waals surface area contributed by atoms with Gasteiger partial charge in [0.25, 0.3) is 0 Å². The van der Waals surface area contributed by atoms with Crippen LogP contribution in [-0.4, -0.2) is 11.1 Å². The molecule has 0 aliphatic carbocycles. The van der Waals surface area contributed by atoms with E-state index in [1.54, 1.807) is 0 Å². The highest BCUT2D eigenvalue weighted by molar-refractivity contribution is 5.73. The average molecular weight is 142 g/mol. The molecule has 10 heavy (non-hydrogen) atoms. The number of aliphatic carboxylic acids is 1. The zero-order valence-corrected chi connectivity index (χ0v) is 6.55. The lowest BCUT2D eigenvalue weighted by Crippen LogP contribution is -2.13. The first-order valence-corrected chi connectivity index (χ1v) is 3.53. The van der Waals surface area contributed by atoms with E-state index in [1.807, 2.05) is 13.8 Å². The van der Waals surface area contributed by atoms with Crippen molar-refractivity contribution in [1.29, 1.82) is 0 Å². The van der Waals surface area contributed by atoms with Crippen molar-refractivity contribution < 1.29 is 9.90 Å². The summed E-state index contributed by atoms with van der Waals surface area (Å²) < 4.78 is 0. The number of carboxylic acid groups (broad SMARTS) is 1. The van der Waals surface area contributed by atoms with Gasteiger partial charge in [0.2, 0.25) is 0 Å². The molecule has 1 atom stereocenters. The Labute approximate surface area is 61.6 Å². The Morgan fingerprint density at radius 1 is 1.60 bits per heavy atom. The number of hydrogen-bond acceptors (Lipinski definition) is 1. The van der Waals surface area contributed by atoms with Crippen LogP contribution in [0.2, 0.25) is 0 Å². The van der Waals surface area contributed by atoms with Crippen LogP contribution >= 0.6 is 0 Å². The predicted octanol–water partition coefficient (Wildman–Crippen LogP) is 2.06. The van der Waals surface area contributed by atoms with E-state index in [9.17, 15) is 4.79 Å². The van der Waals surface area contributed by atoms with Crippen molar-refractivity contribution in [2.24, 2.45) is 5.92 Å². The summed E-state index contributed by atoms with van der Waals surface area (Å²) in [6, 6.07) is 0. The minimum Gasteiger partial charge on any atom is -0.481 e. The average Bonchev–Trinajstić information content (AvgIpc) is 1.88. The molecule has 1 unspecified atom stereocenters. The van der Waals surface area contributed by atoms with Crippen LogP contribution in [0.3, 0.4) is 0 Å². The molecule has 0 heterocycles. The first-order chi connectivity index (χ1) is 4.63. The standard InChI is InChI=1S/C8H14O2/c1-4-6(3)7(5-2)8(9)10/h7H,3-5H2,1-2H3,(H,9,10). The predicted molar refractivity (Wildman–Crippen MR) is 40.8 cm³/mol. The fourth-order valence-corrected chi connectivity index (χ4v) is 0.884. The quantitative estimate of drug-likeness (QED) is 0.610. The molecule has 0 aromatic heterocycles. The molecule has 0 bridgehead atoms. The number of carboxylic acids is 1. The topological polar surface area (TPSA) is 37.3 Å². The van der Waals surface area contributed by atoms with E-state index in [0.29, 0.717) is 6.42 Å². The van der Waals surface area contributed by atoms with Crippen molar-refractivity contribution in [3.05, 3.63) is 12.2 Å². The molecule has 0 amide bonds. The minimum atomic E-state index is -0.755. The second-order valence-corrected chi connectivity index (χ2v) is 2.31. The summed E-state index contributed by atoms with van der Waals surface area (Å²) in [4.78, 5) is 10.5. The summed E-state index contributed by atoms with van der Waals surface area (Å²) in [6.45, 7) is 7.47. The molecule has 0 aliphatic heterocycles. The van der Waals surface area contributed by atoms with Gasteiger partial charge >= 0.3 is 5.97 Å². The Morgan fingerprint density at radius 2 is 2.10 bits per heavy atom. The Bertz CT molecular complexity index is 138. The molecule has 58 valence electrons. The van der Waals surface area contributed by atoms with Crippen LogP contribution in [0.4, 0.5) is 0 Å². The van der Waals surface area contributed by atoms with Gasteiger partial charge in [-0.05, 0) is 12.8 Å². The summed E-state index contributed by atoms with van der Waals surface area (Å²) in [5.74, 6) is -1.10. The zero-order valence-electron chi connectivity index (χ0n) is 6.55. The Kier molecular flexibility index (Phi) is 3.77. The van der Waals surface area contributed by atoms with E-state index in [4.69, 9.17) is 5.11 Å². The molecule has 0 aliphatic rings. The molecule has 0 aromatic rings. The summed E-state index contributed by atoms with van der Waals surface area (Å²) in [5, 5.41) is 8.61. The molecule has 1 N–H and O–H groups in total. The molecule has 0 aromatic carbocycles. The lowest BCUT2D eigenvalue weighted by Gasteiger charge is -2.09. The zero-order chi connectivity index (χ0) is 8.15. The summed E-state index contributed by atoms with van der Waals surface area (Å²) >= 11 is 0. The smallest absolute Gasteiger partial charge is 0.310 e. The highest BCUT2D eigenvalue weighted by atomic mass is 16.4. The lowest BCUT2D eigenvalue weighted by atomic mass is 9.96. The van der Waals surface area contributed by atoms with E-state index < -0.39 is 5.97 Å². The number of carbonyl (C=O) groups is 1. The van der Waals surface area contributed by atoms with Gasteiger partial charge < -0.3 is 5.11 Å². The van der Waals surface area contributed by atoms with Crippen LogP contribution in [0.15, 0.2) is 12.2 Å². The molecule has 0 spiro atoms. The van der Waals surface area contributed by atoms with Crippen LogP contribution < -0.4 is 0 Å². The largest absolute Gasteiger partial charge is 0.481 e. The van der Waals surface area contributed by atoms with Gasteiger partial charge in [0.1, 0.15) is 0 Å². The van der Waals surface area contributed by atoms with Crippen molar-refractivity contribution in [3.63, 3.8) is 0 Å². The van der Waals surface area contributed by atoms with Gasteiger partial charge in [-0.1, -0.05) is 26.0 Å². The van der Waals surface area contributed by atoms with Crippen LogP contribution in [0.5, 0.6) is 0 Å². The van der Waals surface area contributed by atoms with Crippen LogP contribution in [-0.2, 0) is 4.79 Å². The first kappa shape index (κ1) is 9.21. The van der Waals surface area contributed by atoms with E-state index >= 15 is 0 Å². The Hall–Kier alpha value is -0.790. The van der Waals surface area contributed by atoms with Crippen molar-refractivity contribution in [2.45, 2.75) is 26.7 Å². The van der Waals surface area contributed by atoms with Crippen molar-refractivity contribution >= 4 is 5.97 Å². The first-order valence-electron chi connectivity index (χ1n) is 3.53. The fraction of sp³-hybridized carbons (Fsp3) is 0.625. The van der Waals surface area contributed by atoms with E-state index in [1.165, 1.54) is 0 Å². The van der Waals surface area contributed by atoms with E-state index in [-0.39, 0.29) is 5.92 Å². The maximum Gasteiger partial charge on any atom is 0.310 e. The maximum atomic E-state index is 10.5. The number of rotatable bonds is 4. The van der Waals surface area contributed by atoms with Gasteiger partial charge in [-0.25, -0.2) is 0 Å². The van der Waals surface area contributed by atoms with Crippen LogP contribution in [0, 0.1) is 5.92 Å². The fourth-order valence-electron chi connectivity index (χ4n) is 0.884. The molecule has 0 fully saturated rings. The van der Waals surface area contributed by atoms with Crippen LogP contribution in [0.1, 0.15) is 26.7 Å². The third-order valence-electron chi connectivity index (χ3n) is 1.65. The molecule has 2 heteroatoms. The molecular formula is C8H14O2. The monoisotopic (exact) mass is 142 g/mol. The second kappa shape index (κ2) is 4.09. The van der Waals surface area contributed by atoms with Gasteiger partial charge in [0.15, 0.2) is 0 Å². The Balaban J connectivity index is 4.06. The summed E-state index contributed by atoms with van der Waals surface area (Å²) in [7, 11) is 0. The van der Waals surface area contributed by atoms with Gasteiger partial charge in [-0.2, -0.15) is 0 Å². The molecular weight excluding hydrogens is 128 g/mol.